The summed E-state index contributed by atoms with van der Waals surface area (Å²) in [4.78, 5) is 36.8. The van der Waals surface area contributed by atoms with Crippen LogP contribution in [0.2, 0.25) is 0 Å². The number of fused-ring (bicyclic) bond motifs is 1. The van der Waals surface area contributed by atoms with Gasteiger partial charge in [-0.15, -0.1) is 0 Å². The molecule has 3 rings (SSSR count). The molecular weight excluding hydrogens is 308 g/mol. The summed E-state index contributed by atoms with van der Waals surface area (Å²) in [5.41, 5.74) is 3.57. The molecule has 1 aromatic rings. The number of ether oxygens (including phenoxy) is 1. The molecule has 1 N–H and O–H groups in total. The van der Waals surface area contributed by atoms with Crippen LogP contribution < -0.4 is 5.32 Å². The first-order chi connectivity index (χ1) is 11.5. The van der Waals surface area contributed by atoms with Crippen LogP contribution in [0.25, 0.3) is 0 Å². The number of aryl methyl sites for hydroxylation is 2. The van der Waals surface area contributed by atoms with E-state index >= 15 is 0 Å². The molecule has 2 aliphatic rings. The minimum absolute atomic E-state index is 0.136. The lowest BCUT2D eigenvalue weighted by Gasteiger charge is -2.19. The maximum atomic E-state index is 12.1. The van der Waals surface area contributed by atoms with E-state index < -0.39 is 24.0 Å². The van der Waals surface area contributed by atoms with E-state index in [1.807, 2.05) is 6.07 Å². The van der Waals surface area contributed by atoms with Gasteiger partial charge in [-0.2, -0.15) is 0 Å². The van der Waals surface area contributed by atoms with Crippen molar-refractivity contribution >= 4 is 17.9 Å². The highest BCUT2D eigenvalue weighted by molar-refractivity contribution is 5.98. The Morgan fingerprint density at radius 1 is 1.25 bits per heavy atom. The third-order valence-corrected chi connectivity index (χ3v) is 4.54. The van der Waals surface area contributed by atoms with E-state index in [0.29, 0.717) is 13.1 Å². The monoisotopic (exact) mass is 330 g/mol. The Labute approximate surface area is 141 Å². The van der Waals surface area contributed by atoms with E-state index in [2.05, 4.69) is 17.4 Å². The number of hydrogen-bond acceptors (Lipinski definition) is 4. The summed E-state index contributed by atoms with van der Waals surface area (Å²) in [5, 5.41) is 2.55. The van der Waals surface area contributed by atoms with Crippen molar-refractivity contribution < 1.29 is 19.1 Å². The van der Waals surface area contributed by atoms with Crippen LogP contribution in [-0.4, -0.2) is 42.0 Å². The third kappa shape index (κ3) is 3.58. The number of rotatable bonds is 4. The normalized spacial score (nSPS) is 17.9. The molecule has 0 bridgehead atoms. The minimum Gasteiger partial charge on any atom is -0.452 e. The van der Waals surface area contributed by atoms with Gasteiger partial charge in [0.2, 0.25) is 0 Å². The maximum Gasteiger partial charge on any atom is 0.324 e. The Morgan fingerprint density at radius 3 is 2.71 bits per heavy atom. The SMILES string of the molecule is C[C@H](OC(=O)Cc1ccc2c(c1)CCCC2)C(=O)N1CCNC1=O. The zero-order chi connectivity index (χ0) is 17.1. The summed E-state index contributed by atoms with van der Waals surface area (Å²) >= 11 is 0. The fourth-order valence-corrected chi connectivity index (χ4v) is 3.25. The number of imide groups is 1. The summed E-state index contributed by atoms with van der Waals surface area (Å²) in [6, 6.07) is 5.67. The molecule has 6 heteroatoms. The van der Waals surface area contributed by atoms with Crippen LogP contribution in [0.15, 0.2) is 18.2 Å². The van der Waals surface area contributed by atoms with E-state index in [9.17, 15) is 14.4 Å². The molecule has 6 nitrogen and oxygen atoms in total. The van der Waals surface area contributed by atoms with Gasteiger partial charge in [-0.1, -0.05) is 18.2 Å². The second kappa shape index (κ2) is 7.03. The standard InChI is InChI=1S/C18H22N2O4/c1-12(17(22)20-9-8-19-18(20)23)24-16(21)11-13-6-7-14-4-2-3-5-15(14)10-13/h6-7,10,12H,2-5,8-9,11H2,1H3,(H,19,23)/t12-/m0/s1. The van der Waals surface area contributed by atoms with E-state index in [4.69, 9.17) is 4.74 Å². The zero-order valence-corrected chi connectivity index (χ0v) is 13.8. The van der Waals surface area contributed by atoms with Gasteiger partial charge >= 0.3 is 12.0 Å². The number of nitrogens with zero attached hydrogens (tertiary/aromatic N) is 1. The second-order valence-electron chi connectivity index (χ2n) is 6.34. The smallest absolute Gasteiger partial charge is 0.324 e. The summed E-state index contributed by atoms with van der Waals surface area (Å²) < 4.78 is 5.21. The van der Waals surface area contributed by atoms with Gasteiger partial charge in [0.05, 0.1) is 6.42 Å². The van der Waals surface area contributed by atoms with Crippen LogP contribution in [-0.2, 0) is 33.6 Å². The van der Waals surface area contributed by atoms with Crippen molar-refractivity contribution in [3.63, 3.8) is 0 Å². The number of hydrogen-bond donors (Lipinski definition) is 1. The van der Waals surface area contributed by atoms with Gasteiger partial charge in [0.1, 0.15) is 0 Å². The van der Waals surface area contributed by atoms with Gasteiger partial charge in [-0.05, 0) is 49.3 Å². The van der Waals surface area contributed by atoms with Gasteiger partial charge in [-0.3, -0.25) is 14.5 Å². The van der Waals surface area contributed by atoms with E-state index in [-0.39, 0.29) is 6.42 Å². The Kier molecular flexibility index (Phi) is 4.83. The number of benzene rings is 1. The molecular formula is C18H22N2O4. The molecule has 0 spiro atoms. The molecule has 0 radical (unpaired) electrons. The number of amides is 3. The molecule has 1 aliphatic heterocycles. The molecule has 1 saturated heterocycles. The van der Waals surface area contributed by atoms with Gasteiger partial charge < -0.3 is 10.1 Å². The highest BCUT2D eigenvalue weighted by Crippen LogP contribution is 2.22. The number of esters is 1. The van der Waals surface area contributed by atoms with E-state index in [1.54, 1.807) is 0 Å². The van der Waals surface area contributed by atoms with Crippen molar-refractivity contribution in [2.24, 2.45) is 0 Å². The Balaban J connectivity index is 1.57. The van der Waals surface area contributed by atoms with Gasteiger partial charge in [-0.25, -0.2) is 4.79 Å². The molecule has 3 amide bonds. The Bertz CT molecular complexity index is 671. The van der Waals surface area contributed by atoms with Crippen molar-refractivity contribution in [3.05, 3.63) is 34.9 Å². The average molecular weight is 330 g/mol. The highest BCUT2D eigenvalue weighted by atomic mass is 16.5. The molecule has 1 aromatic carbocycles. The molecule has 0 aromatic heterocycles. The maximum absolute atomic E-state index is 12.1. The Morgan fingerprint density at radius 2 is 2.00 bits per heavy atom. The lowest BCUT2D eigenvalue weighted by atomic mass is 9.90. The highest BCUT2D eigenvalue weighted by Gasteiger charge is 2.31. The average Bonchev–Trinajstić information content (AvgIpc) is 2.99. The molecule has 0 unspecified atom stereocenters. The fraction of sp³-hybridized carbons (Fsp3) is 0.500. The van der Waals surface area contributed by atoms with Crippen LogP contribution in [0.4, 0.5) is 4.79 Å². The number of nitrogens with one attached hydrogen (secondary N) is 1. The first-order valence-electron chi connectivity index (χ1n) is 8.44. The molecule has 1 aliphatic carbocycles. The van der Waals surface area contributed by atoms with E-state index in [1.165, 1.54) is 30.9 Å². The van der Waals surface area contributed by atoms with Gasteiger partial charge in [0.25, 0.3) is 5.91 Å². The lowest BCUT2D eigenvalue weighted by molar-refractivity contribution is -0.156. The molecule has 1 heterocycles. The van der Waals surface area contributed by atoms with Crippen LogP contribution in [0, 0.1) is 0 Å². The summed E-state index contributed by atoms with van der Waals surface area (Å²) in [6.07, 6.45) is 3.74. The first kappa shape index (κ1) is 16.5. The predicted octanol–water partition coefficient (Wildman–Crippen LogP) is 1.59. The van der Waals surface area contributed by atoms with Crippen molar-refractivity contribution in [2.75, 3.05) is 13.1 Å². The molecule has 128 valence electrons. The Hall–Kier alpha value is -2.37. The largest absolute Gasteiger partial charge is 0.452 e. The van der Waals surface area contributed by atoms with Crippen molar-refractivity contribution in [2.45, 2.75) is 45.1 Å². The number of carbonyl (C=O) groups excluding carboxylic acids is 3. The van der Waals surface area contributed by atoms with Crippen LogP contribution >= 0.6 is 0 Å². The minimum atomic E-state index is -0.959. The topological polar surface area (TPSA) is 75.7 Å². The number of urea groups is 1. The van der Waals surface area contributed by atoms with Crippen LogP contribution in [0.1, 0.15) is 36.5 Å². The molecule has 0 saturated carbocycles. The fourth-order valence-electron chi connectivity index (χ4n) is 3.25. The summed E-state index contributed by atoms with van der Waals surface area (Å²) in [5.74, 6) is -0.935. The van der Waals surface area contributed by atoms with Gasteiger partial charge in [0, 0.05) is 13.1 Å². The lowest BCUT2D eigenvalue weighted by Crippen LogP contribution is -2.42. The van der Waals surface area contributed by atoms with Crippen molar-refractivity contribution in [1.29, 1.82) is 0 Å². The summed E-state index contributed by atoms with van der Waals surface area (Å²) in [7, 11) is 0. The van der Waals surface area contributed by atoms with E-state index in [0.717, 1.165) is 23.3 Å². The molecule has 24 heavy (non-hydrogen) atoms. The van der Waals surface area contributed by atoms with Crippen molar-refractivity contribution in [1.82, 2.24) is 10.2 Å². The number of carbonyl (C=O) groups is 3. The molecule has 1 fully saturated rings. The zero-order valence-electron chi connectivity index (χ0n) is 13.8. The van der Waals surface area contributed by atoms with Gasteiger partial charge in [0.15, 0.2) is 6.10 Å². The van der Waals surface area contributed by atoms with Crippen LogP contribution in [0.3, 0.4) is 0 Å². The van der Waals surface area contributed by atoms with Crippen LogP contribution in [0.5, 0.6) is 0 Å². The predicted molar refractivity (Wildman–Crippen MR) is 87.5 cm³/mol. The van der Waals surface area contributed by atoms with Crippen molar-refractivity contribution in [3.8, 4) is 0 Å². The second-order valence-corrected chi connectivity index (χ2v) is 6.34. The first-order valence-corrected chi connectivity index (χ1v) is 8.44. The summed E-state index contributed by atoms with van der Waals surface area (Å²) in [6.45, 7) is 2.24. The third-order valence-electron chi connectivity index (χ3n) is 4.54. The molecule has 1 atom stereocenters. The quantitative estimate of drug-likeness (QED) is 0.851.